The molecule has 1 aliphatic heterocycles. The Morgan fingerprint density at radius 3 is 2.89 bits per heavy atom. The Morgan fingerprint density at radius 2 is 2.33 bits per heavy atom. The number of benzene rings is 1. The van der Waals surface area contributed by atoms with E-state index in [0.29, 0.717) is 10.9 Å². The van der Waals surface area contributed by atoms with Gasteiger partial charge < -0.3 is 10.5 Å². The number of hydrogen-bond donors (Lipinski definition) is 1. The smallest absolute Gasteiger partial charge is 0.137 e. The number of nitrogens with zero attached hydrogens (tertiary/aromatic N) is 1. The molecule has 1 aromatic carbocycles. The van der Waals surface area contributed by atoms with Crippen LogP contribution < -0.4 is 10.5 Å². The Bertz CT molecular complexity index is 409. The number of hydrogen-bond acceptors (Lipinski definition) is 3. The van der Waals surface area contributed by atoms with Crippen LogP contribution in [0.2, 0.25) is 5.02 Å². The Hall–Kier alpha value is -0.770. The lowest BCUT2D eigenvalue weighted by Gasteiger charge is -2.18. The molecular weight excluding hydrogens is 248 g/mol. The van der Waals surface area contributed by atoms with Crippen LogP contribution in [0.5, 0.6) is 5.75 Å². The second kappa shape index (κ2) is 5.91. The molecule has 2 atom stereocenters. The van der Waals surface area contributed by atoms with Crippen LogP contribution in [0.15, 0.2) is 18.2 Å². The van der Waals surface area contributed by atoms with E-state index < -0.39 is 0 Å². The normalized spacial score (nSPS) is 22.1. The summed E-state index contributed by atoms with van der Waals surface area (Å²) < 4.78 is 5.16. The first kappa shape index (κ1) is 13.7. The van der Waals surface area contributed by atoms with Crippen LogP contribution in [-0.2, 0) is 6.54 Å². The molecule has 18 heavy (non-hydrogen) atoms. The number of methoxy groups -OCH3 is 1. The van der Waals surface area contributed by atoms with Crippen LogP contribution in [0.1, 0.15) is 18.9 Å². The third kappa shape index (κ3) is 3.16. The maximum Gasteiger partial charge on any atom is 0.137 e. The van der Waals surface area contributed by atoms with Gasteiger partial charge in [0.25, 0.3) is 0 Å². The van der Waals surface area contributed by atoms with Crippen LogP contribution >= 0.6 is 11.6 Å². The van der Waals surface area contributed by atoms with Crippen molar-refractivity contribution in [2.75, 3.05) is 20.2 Å². The summed E-state index contributed by atoms with van der Waals surface area (Å²) in [5, 5.41) is 0.679. The summed E-state index contributed by atoms with van der Waals surface area (Å²) in [6, 6.07) is 6.27. The van der Waals surface area contributed by atoms with E-state index in [9.17, 15) is 0 Å². The van der Waals surface area contributed by atoms with Crippen LogP contribution in [0, 0.1) is 5.92 Å². The summed E-state index contributed by atoms with van der Waals surface area (Å²) in [4.78, 5) is 2.44. The van der Waals surface area contributed by atoms with E-state index in [2.05, 4.69) is 17.9 Å². The molecule has 1 saturated heterocycles. The average molecular weight is 269 g/mol. The molecule has 2 unspecified atom stereocenters. The third-order valence-corrected chi connectivity index (χ3v) is 3.97. The van der Waals surface area contributed by atoms with E-state index in [1.54, 1.807) is 7.11 Å². The Labute approximate surface area is 114 Å². The van der Waals surface area contributed by atoms with E-state index >= 15 is 0 Å². The minimum atomic E-state index is 0.287. The molecule has 1 heterocycles. The highest BCUT2D eigenvalue weighted by molar-refractivity contribution is 6.32. The molecule has 100 valence electrons. The summed E-state index contributed by atoms with van der Waals surface area (Å²) in [5.74, 6) is 1.36. The maximum atomic E-state index is 6.13. The second-order valence-corrected chi connectivity index (χ2v) is 5.52. The SMILES string of the molecule is COc1ccc(CN2CCC(C(C)N)C2)cc1Cl. The maximum absolute atomic E-state index is 6.13. The van der Waals surface area contributed by atoms with Crippen molar-refractivity contribution < 1.29 is 4.74 Å². The fourth-order valence-electron chi connectivity index (χ4n) is 2.50. The fraction of sp³-hybridized carbons (Fsp3) is 0.571. The zero-order valence-electron chi connectivity index (χ0n) is 11.0. The second-order valence-electron chi connectivity index (χ2n) is 5.11. The van der Waals surface area contributed by atoms with E-state index in [4.69, 9.17) is 22.1 Å². The number of rotatable bonds is 4. The van der Waals surface area contributed by atoms with Crippen molar-refractivity contribution in [1.82, 2.24) is 4.90 Å². The summed E-state index contributed by atoms with van der Waals surface area (Å²) in [7, 11) is 1.63. The van der Waals surface area contributed by atoms with Crippen LogP contribution in [0.3, 0.4) is 0 Å². The molecule has 0 saturated carbocycles. The van der Waals surface area contributed by atoms with Gasteiger partial charge in [-0.25, -0.2) is 0 Å². The van der Waals surface area contributed by atoms with E-state index in [0.717, 1.165) is 25.4 Å². The zero-order chi connectivity index (χ0) is 13.1. The van der Waals surface area contributed by atoms with Crippen molar-refractivity contribution in [3.8, 4) is 5.75 Å². The van der Waals surface area contributed by atoms with Crippen LogP contribution in [-0.4, -0.2) is 31.1 Å². The van der Waals surface area contributed by atoms with Gasteiger partial charge in [-0.2, -0.15) is 0 Å². The summed E-state index contributed by atoms with van der Waals surface area (Å²) in [6.45, 7) is 5.24. The molecule has 2 rings (SSSR count). The first-order valence-electron chi connectivity index (χ1n) is 6.40. The molecule has 1 aromatic rings. The molecule has 0 amide bonds. The summed E-state index contributed by atoms with van der Waals surface area (Å²) in [6.07, 6.45) is 1.20. The van der Waals surface area contributed by atoms with Crippen molar-refractivity contribution in [3.63, 3.8) is 0 Å². The minimum absolute atomic E-state index is 0.287. The van der Waals surface area contributed by atoms with E-state index in [-0.39, 0.29) is 6.04 Å². The fourth-order valence-corrected chi connectivity index (χ4v) is 2.78. The number of likely N-dealkylation sites (tertiary alicyclic amines) is 1. The van der Waals surface area contributed by atoms with Crippen LogP contribution in [0.25, 0.3) is 0 Å². The van der Waals surface area contributed by atoms with Crippen molar-refractivity contribution in [1.29, 1.82) is 0 Å². The molecule has 1 fully saturated rings. The molecule has 0 aliphatic carbocycles. The van der Waals surface area contributed by atoms with E-state index in [1.807, 2.05) is 12.1 Å². The largest absolute Gasteiger partial charge is 0.495 e. The molecule has 4 heteroatoms. The molecule has 3 nitrogen and oxygen atoms in total. The van der Waals surface area contributed by atoms with Crippen molar-refractivity contribution >= 4 is 11.6 Å². The van der Waals surface area contributed by atoms with Gasteiger partial charge in [-0.05, 0) is 43.5 Å². The molecule has 2 N–H and O–H groups in total. The molecule has 0 spiro atoms. The predicted octanol–water partition coefficient (Wildman–Crippen LogP) is 2.52. The predicted molar refractivity (Wildman–Crippen MR) is 75.0 cm³/mol. The van der Waals surface area contributed by atoms with Gasteiger partial charge >= 0.3 is 0 Å². The quantitative estimate of drug-likeness (QED) is 0.912. The van der Waals surface area contributed by atoms with Gasteiger partial charge in [-0.1, -0.05) is 17.7 Å². The molecule has 0 aromatic heterocycles. The lowest BCUT2D eigenvalue weighted by Crippen LogP contribution is -2.29. The standard InChI is InChI=1S/C14H21ClN2O/c1-10(16)12-5-6-17(9-12)8-11-3-4-14(18-2)13(15)7-11/h3-4,7,10,12H,5-6,8-9,16H2,1-2H3. The highest BCUT2D eigenvalue weighted by atomic mass is 35.5. The number of halogens is 1. The van der Waals surface area contributed by atoms with Crippen molar-refractivity contribution in [2.45, 2.75) is 25.9 Å². The Kier molecular flexibility index (Phi) is 4.49. The third-order valence-electron chi connectivity index (χ3n) is 3.67. The van der Waals surface area contributed by atoms with Crippen LogP contribution in [0.4, 0.5) is 0 Å². The highest BCUT2D eigenvalue weighted by Gasteiger charge is 2.25. The molecule has 0 radical (unpaired) electrons. The molecule has 0 bridgehead atoms. The average Bonchev–Trinajstić information content (AvgIpc) is 2.78. The first-order valence-corrected chi connectivity index (χ1v) is 6.78. The van der Waals surface area contributed by atoms with E-state index in [1.165, 1.54) is 12.0 Å². The number of nitrogens with two attached hydrogens (primary N) is 1. The van der Waals surface area contributed by atoms with Gasteiger partial charge in [-0.3, -0.25) is 4.90 Å². The van der Waals surface area contributed by atoms with Crippen molar-refractivity contribution in [3.05, 3.63) is 28.8 Å². The molecular formula is C14H21ClN2O. The zero-order valence-corrected chi connectivity index (χ0v) is 11.8. The lowest BCUT2D eigenvalue weighted by molar-refractivity contribution is 0.308. The van der Waals surface area contributed by atoms with Gasteiger partial charge in [0.1, 0.15) is 5.75 Å². The van der Waals surface area contributed by atoms with Gasteiger partial charge in [0.15, 0.2) is 0 Å². The first-order chi connectivity index (χ1) is 8.60. The highest BCUT2D eigenvalue weighted by Crippen LogP contribution is 2.27. The minimum Gasteiger partial charge on any atom is -0.495 e. The Balaban J connectivity index is 1.96. The molecule has 1 aliphatic rings. The van der Waals surface area contributed by atoms with Gasteiger partial charge in [0.05, 0.1) is 12.1 Å². The van der Waals surface area contributed by atoms with Gasteiger partial charge in [0.2, 0.25) is 0 Å². The van der Waals surface area contributed by atoms with Crippen molar-refractivity contribution in [2.24, 2.45) is 11.7 Å². The Morgan fingerprint density at radius 1 is 1.56 bits per heavy atom. The van der Waals surface area contributed by atoms with Gasteiger partial charge in [0, 0.05) is 19.1 Å². The van der Waals surface area contributed by atoms with Gasteiger partial charge in [-0.15, -0.1) is 0 Å². The monoisotopic (exact) mass is 268 g/mol. The lowest BCUT2D eigenvalue weighted by atomic mass is 10.0. The summed E-state index contributed by atoms with van der Waals surface area (Å²) in [5.41, 5.74) is 7.18. The topological polar surface area (TPSA) is 38.5 Å². The number of ether oxygens (including phenoxy) is 1. The summed E-state index contributed by atoms with van der Waals surface area (Å²) >= 11 is 6.13.